The summed E-state index contributed by atoms with van der Waals surface area (Å²) in [5.74, 6) is -5.70. The molecule has 4 amide bonds. The third kappa shape index (κ3) is 11.3. The molecule has 8 aromatic rings. The number of halogens is 2. The Kier molecular flexibility index (Phi) is 15.8. The van der Waals surface area contributed by atoms with Crippen molar-refractivity contribution in [2.45, 2.75) is 103 Å². The number of carboxylic acids is 2. The lowest BCUT2D eigenvalue weighted by Crippen LogP contribution is -2.50. The Morgan fingerprint density at radius 2 is 0.844 bits per heavy atom. The molecular formula is C58H58F2N16O14. The van der Waals surface area contributed by atoms with Gasteiger partial charge < -0.3 is 53.6 Å². The summed E-state index contributed by atoms with van der Waals surface area (Å²) in [5.41, 5.74) is 4.59. The summed E-state index contributed by atoms with van der Waals surface area (Å²) < 4.78 is 30.7. The molecule has 32 heteroatoms. The van der Waals surface area contributed by atoms with Crippen LogP contribution in [-0.4, -0.2) is 98.0 Å². The maximum atomic E-state index is 14.4. The zero-order valence-electron chi connectivity index (χ0n) is 47.7. The highest BCUT2D eigenvalue weighted by molar-refractivity contribution is 5.99. The number of benzene rings is 2. The van der Waals surface area contributed by atoms with Crippen molar-refractivity contribution in [2.24, 2.45) is 21.7 Å². The van der Waals surface area contributed by atoms with Crippen LogP contribution in [0.1, 0.15) is 141 Å². The summed E-state index contributed by atoms with van der Waals surface area (Å²) >= 11 is 0. The van der Waals surface area contributed by atoms with E-state index in [9.17, 15) is 76.5 Å². The van der Waals surface area contributed by atoms with E-state index in [1.54, 1.807) is 0 Å². The minimum absolute atomic E-state index is 0.0590. The van der Waals surface area contributed by atoms with Crippen molar-refractivity contribution >= 4 is 69.9 Å². The molecule has 0 aliphatic heterocycles. The predicted octanol–water partition coefficient (Wildman–Crippen LogP) is 0.864. The van der Waals surface area contributed by atoms with Crippen molar-refractivity contribution in [3.8, 4) is 0 Å². The highest BCUT2D eigenvalue weighted by atomic mass is 19.1. The number of hydrogen-bond acceptors (Lipinski definition) is 20. The van der Waals surface area contributed by atoms with Gasteiger partial charge in [-0.05, 0) is 135 Å². The van der Waals surface area contributed by atoms with Crippen LogP contribution in [0.5, 0.6) is 0 Å². The van der Waals surface area contributed by atoms with Gasteiger partial charge in [0, 0.05) is 50.4 Å². The molecule has 30 nitrogen and oxygen atoms in total. The molecule has 6 fully saturated rings. The molecule has 14 N–H and O–H groups in total. The first kappa shape index (κ1) is 60.9. The molecule has 0 atom stereocenters. The summed E-state index contributed by atoms with van der Waals surface area (Å²) in [6, 6.07) is 10.5. The number of nitrogens with zero attached hydrogens (tertiary/aromatic N) is 6. The van der Waals surface area contributed by atoms with E-state index in [2.05, 4.69) is 62.3 Å². The number of carbonyl (C=O) groups excluding carboxylic acids is 4. The van der Waals surface area contributed by atoms with Gasteiger partial charge in [0.1, 0.15) is 57.2 Å². The van der Waals surface area contributed by atoms with Crippen LogP contribution in [0.4, 0.5) is 31.5 Å². The first-order valence-electron chi connectivity index (χ1n) is 28.6. The van der Waals surface area contributed by atoms with Gasteiger partial charge in [-0.15, -0.1) is 10.2 Å². The standard InChI is InChI=1S/2C29H29FN8O7/c30-16-2-1-14(9-15(16)12-32-20-19(31)21(39)22(20)40)11-33-24(42)18-10-17(35-26-36-37-27(45)38(18)26)23(41)34-13-28-3-6-29(7-4-28,8-5-28)25(43)44;30-16-2-1-14(9-15(16)12-32-20-19(31)21(39)22(20)40)11-33-23(41)17-10-18(38-26(35-17)36-37-27(38)45)24(42)34-13-28-3-6-29(7-4-28,8-5-28)25(43)44/h1-2,9-10,32H,3-8,11-13,31H2,(H,33,42)(H,34,41)(H,37,45)(H,43,44);1-2,9-10,32H,3-8,11-13,31H2,(H,33,41)(H,34,42)(H,37,45)(H,43,44). The number of aromatic amines is 2. The largest absolute Gasteiger partial charge is 0.481 e. The first-order chi connectivity index (χ1) is 42.8. The van der Waals surface area contributed by atoms with Gasteiger partial charge in [-0.3, -0.25) is 47.9 Å². The molecule has 6 saturated carbocycles. The van der Waals surface area contributed by atoms with E-state index < -0.39 is 91.1 Å². The molecule has 468 valence electrons. The van der Waals surface area contributed by atoms with Crippen LogP contribution in [0.3, 0.4) is 0 Å². The fourth-order valence-corrected chi connectivity index (χ4v) is 12.6. The monoisotopic (exact) mass is 1240 g/mol. The van der Waals surface area contributed by atoms with Crippen molar-refractivity contribution in [3.05, 3.63) is 167 Å². The molecule has 0 radical (unpaired) electrons. The van der Waals surface area contributed by atoms with E-state index in [-0.39, 0.29) is 112 Å². The molecule has 4 aromatic heterocycles. The van der Waals surface area contributed by atoms with E-state index in [0.29, 0.717) is 94.7 Å². The van der Waals surface area contributed by atoms with Crippen LogP contribution >= 0.6 is 0 Å². The number of carbonyl (C=O) groups is 6. The molecule has 4 bridgehead atoms. The Hall–Kier alpha value is -10.8. The number of nitrogens with two attached hydrogens (primary N) is 2. The van der Waals surface area contributed by atoms with E-state index in [1.165, 1.54) is 48.5 Å². The highest BCUT2D eigenvalue weighted by Crippen LogP contribution is 2.58. The van der Waals surface area contributed by atoms with Crippen LogP contribution < -0.4 is 76.5 Å². The third-order valence-corrected chi connectivity index (χ3v) is 18.6. The van der Waals surface area contributed by atoms with E-state index in [1.807, 2.05) is 0 Å². The average molecular weight is 1240 g/mol. The molecule has 4 heterocycles. The van der Waals surface area contributed by atoms with Crippen molar-refractivity contribution in [2.75, 3.05) is 35.2 Å². The Balaban J connectivity index is 0.000000185. The molecule has 0 saturated heterocycles. The second-order valence-corrected chi connectivity index (χ2v) is 23.7. The van der Waals surface area contributed by atoms with E-state index in [0.717, 1.165) is 8.80 Å². The van der Waals surface area contributed by atoms with Gasteiger partial charge in [-0.1, -0.05) is 12.1 Å². The number of amides is 4. The first-order valence-corrected chi connectivity index (χ1v) is 28.6. The molecule has 6 aliphatic carbocycles. The minimum Gasteiger partial charge on any atom is -0.481 e. The zero-order chi connectivity index (χ0) is 64.2. The van der Waals surface area contributed by atoms with Crippen LogP contribution in [0.2, 0.25) is 0 Å². The number of H-pyrrole nitrogens is 2. The third-order valence-electron chi connectivity index (χ3n) is 18.6. The summed E-state index contributed by atoms with van der Waals surface area (Å²) in [6.07, 6.45) is 7.33. The van der Waals surface area contributed by atoms with Gasteiger partial charge in [0.15, 0.2) is 0 Å². The van der Waals surface area contributed by atoms with Crippen LogP contribution in [0.15, 0.2) is 77.3 Å². The van der Waals surface area contributed by atoms with Gasteiger partial charge in [0.05, 0.1) is 10.8 Å². The molecule has 0 unspecified atom stereocenters. The lowest BCUT2D eigenvalue weighted by molar-refractivity contribution is -0.159. The fourth-order valence-electron chi connectivity index (χ4n) is 12.6. The minimum atomic E-state index is -0.802. The highest BCUT2D eigenvalue weighted by Gasteiger charge is 2.54. The molecular weight excluding hydrogens is 1180 g/mol. The van der Waals surface area contributed by atoms with Gasteiger partial charge in [-0.2, -0.15) is 0 Å². The SMILES string of the molecule is Nc1c(NCc2cc(CNC(=O)c3cc(C(=O)NCC45CCC(C(=O)O)(CC4)CC5)n4c(=O)[nH]nc4n3)ccc2F)c(=O)c1=O.Nc1c(NCc2cc(CNC(=O)c3cc(C(=O)NCC45CCC(C(=O)O)(CC4)CC5)nc4n[nH]c(=O)n34)ccc2F)c(=O)c1=O. The second kappa shape index (κ2) is 23.4. The quantitative estimate of drug-likeness (QED) is 0.0471. The van der Waals surface area contributed by atoms with E-state index >= 15 is 0 Å². The summed E-state index contributed by atoms with van der Waals surface area (Å²) in [7, 11) is 0. The number of aliphatic carboxylic acids is 2. The molecule has 4 aromatic carbocycles. The Morgan fingerprint density at radius 3 is 1.22 bits per heavy atom. The summed E-state index contributed by atoms with van der Waals surface area (Å²) in [4.78, 5) is 155. The van der Waals surface area contributed by atoms with E-state index in [4.69, 9.17) is 11.5 Å². The number of nitrogens with one attached hydrogen (secondary N) is 8. The zero-order valence-corrected chi connectivity index (χ0v) is 47.7. The summed E-state index contributed by atoms with van der Waals surface area (Å²) in [5, 5.41) is 47.7. The number of anilines is 4. The van der Waals surface area contributed by atoms with Crippen LogP contribution in [-0.2, 0) is 35.8 Å². The molecule has 0 spiro atoms. The average Bonchev–Trinajstić information content (AvgIpc) is 0.969. The second-order valence-electron chi connectivity index (χ2n) is 23.7. The number of hydrogen-bond donors (Lipinski definition) is 12. The fraction of sp³-hybridized carbons (Fsp3) is 0.379. The van der Waals surface area contributed by atoms with Crippen LogP contribution in [0, 0.1) is 33.3 Å². The maximum Gasteiger partial charge on any atom is 0.349 e. The van der Waals surface area contributed by atoms with Gasteiger partial charge >= 0.3 is 23.3 Å². The number of nitrogen functional groups attached to an aromatic ring is 2. The van der Waals surface area contributed by atoms with Gasteiger partial charge in [0.25, 0.3) is 56.9 Å². The normalized spacial score (nSPS) is 20.7. The Morgan fingerprint density at radius 1 is 0.489 bits per heavy atom. The van der Waals surface area contributed by atoms with Gasteiger partial charge in [0.2, 0.25) is 0 Å². The Bertz CT molecular complexity index is 4540. The number of fused-ring (bicyclic) bond motifs is 8. The lowest BCUT2D eigenvalue weighted by atomic mass is 9.53. The molecule has 14 rings (SSSR count). The van der Waals surface area contributed by atoms with Crippen molar-refractivity contribution in [1.29, 1.82) is 0 Å². The maximum absolute atomic E-state index is 14.4. The number of aromatic nitrogens is 8. The number of carboxylic acid groups (broad SMARTS) is 2. The summed E-state index contributed by atoms with van der Waals surface area (Å²) in [6.45, 7) is 0.186. The number of rotatable bonds is 20. The van der Waals surface area contributed by atoms with Crippen molar-refractivity contribution < 1.29 is 47.8 Å². The van der Waals surface area contributed by atoms with Crippen molar-refractivity contribution in [3.63, 3.8) is 0 Å². The predicted molar refractivity (Wildman–Crippen MR) is 314 cm³/mol. The van der Waals surface area contributed by atoms with Crippen LogP contribution in [0.25, 0.3) is 11.6 Å². The topological polar surface area (TPSA) is 461 Å². The smallest absolute Gasteiger partial charge is 0.349 e. The van der Waals surface area contributed by atoms with Gasteiger partial charge in [-0.25, -0.2) is 47.3 Å². The lowest BCUT2D eigenvalue weighted by Gasteiger charge is -2.51. The molecule has 6 aliphatic rings. The Labute approximate surface area is 503 Å². The van der Waals surface area contributed by atoms with Crippen molar-refractivity contribution in [1.82, 2.24) is 60.4 Å². The molecule has 90 heavy (non-hydrogen) atoms.